The number of ether oxygens (including phenoxy) is 1. The van der Waals surface area contributed by atoms with Gasteiger partial charge in [-0.3, -0.25) is 4.79 Å². The van der Waals surface area contributed by atoms with Crippen molar-refractivity contribution in [1.29, 1.82) is 0 Å². The highest BCUT2D eigenvalue weighted by molar-refractivity contribution is 7.55. The van der Waals surface area contributed by atoms with E-state index in [0.29, 0.717) is 11.3 Å². The number of nitrogens with one attached hydrogen (secondary N) is 2. The summed E-state index contributed by atoms with van der Waals surface area (Å²) in [7, 11) is 3.67. The minimum Gasteiger partial charge on any atom is -0.497 e. The number of benzene rings is 1. The number of amides is 1. The first-order valence-electron chi connectivity index (χ1n) is 6.95. The molecule has 23 heavy (non-hydrogen) atoms. The van der Waals surface area contributed by atoms with Crippen LogP contribution in [0.25, 0.3) is 11.6 Å². The van der Waals surface area contributed by atoms with E-state index < -0.39 is 8.38 Å². The molecule has 7 heteroatoms. The molecule has 2 heterocycles. The minimum atomic E-state index is -1.13. The second kappa shape index (κ2) is 6.54. The van der Waals surface area contributed by atoms with Gasteiger partial charge in [-0.2, -0.15) is 0 Å². The monoisotopic (exact) mass is 332 g/mol. The highest BCUT2D eigenvalue weighted by Crippen LogP contribution is 2.37. The highest BCUT2D eigenvalue weighted by Gasteiger charge is 2.25. The van der Waals surface area contributed by atoms with E-state index in [1.165, 1.54) is 0 Å². The number of hydrogen-bond donors (Lipinski definition) is 2. The first-order chi connectivity index (χ1) is 11.2. The molecule has 0 saturated heterocycles. The van der Waals surface area contributed by atoms with Crippen LogP contribution in [-0.2, 0) is 13.8 Å². The summed E-state index contributed by atoms with van der Waals surface area (Å²) >= 11 is 0. The van der Waals surface area contributed by atoms with Crippen molar-refractivity contribution in [2.45, 2.75) is 0 Å². The number of carbonyl (C=O) groups excluding carboxylic acids is 1. The smallest absolute Gasteiger partial charge is 0.256 e. The number of methoxy groups -OCH3 is 1. The van der Waals surface area contributed by atoms with Gasteiger partial charge in [-0.25, -0.2) is 0 Å². The number of aromatic amines is 1. The maximum atomic E-state index is 12.2. The minimum absolute atomic E-state index is 0.134. The van der Waals surface area contributed by atoms with Crippen LogP contribution in [-0.4, -0.2) is 32.2 Å². The lowest BCUT2D eigenvalue weighted by Gasteiger charge is -2.09. The van der Waals surface area contributed by atoms with E-state index in [-0.39, 0.29) is 5.91 Å². The molecule has 1 aromatic heterocycles. The van der Waals surface area contributed by atoms with Crippen molar-refractivity contribution in [3.63, 3.8) is 0 Å². The molecular formula is C16H17N2O4P. The van der Waals surface area contributed by atoms with Gasteiger partial charge in [-0.05, 0) is 36.4 Å². The molecule has 0 fully saturated rings. The first kappa shape index (κ1) is 15.7. The molecule has 0 bridgehead atoms. The maximum Gasteiger partial charge on any atom is 0.256 e. The zero-order chi connectivity index (χ0) is 16.4. The number of fused-ring (bicyclic) bond motifs is 1. The van der Waals surface area contributed by atoms with Gasteiger partial charge in [0, 0.05) is 31.2 Å². The van der Waals surface area contributed by atoms with E-state index in [0.717, 1.165) is 22.4 Å². The van der Waals surface area contributed by atoms with Gasteiger partial charge >= 0.3 is 0 Å². The fourth-order valence-electron chi connectivity index (χ4n) is 2.45. The summed E-state index contributed by atoms with van der Waals surface area (Å²) in [5, 5.41) is 2.85. The number of rotatable bonds is 5. The molecule has 0 saturated carbocycles. The van der Waals surface area contributed by atoms with Crippen LogP contribution in [0.4, 0.5) is 5.69 Å². The molecule has 1 aromatic carbocycles. The summed E-state index contributed by atoms with van der Waals surface area (Å²) in [6.07, 6.45) is 1.81. The lowest BCUT2D eigenvalue weighted by atomic mass is 10.1. The Morgan fingerprint density at radius 2 is 1.87 bits per heavy atom. The molecule has 0 unspecified atom stereocenters. The summed E-state index contributed by atoms with van der Waals surface area (Å²) in [6.45, 7) is 0. The maximum absolute atomic E-state index is 12.2. The third-order valence-electron chi connectivity index (χ3n) is 3.53. The zero-order valence-corrected chi connectivity index (χ0v) is 13.9. The number of hydrogen-bond acceptors (Lipinski definition) is 4. The molecule has 0 spiro atoms. The molecule has 0 aliphatic carbocycles. The highest BCUT2D eigenvalue weighted by atomic mass is 31.2. The zero-order valence-electron chi connectivity index (χ0n) is 13.0. The Hall–Kier alpha value is -2.14. The number of H-pyrrole nitrogens is 1. The van der Waals surface area contributed by atoms with Crippen LogP contribution in [0.3, 0.4) is 0 Å². The quantitative estimate of drug-likeness (QED) is 0.652. The Morgan fingerprint density at radius 1 is 1.09 bits per heavy atom. The van der Waals surface area contributed by atoms with Gasteiger partial charge in [0.15, 0.2) is 0 Å². The normalized spacial score (nSPS) is 15.1. The second-order valence-corrected chi connectivity index (χ2v) is 6.57. The summed E-state index contributed by atoms with van der Waals surface area (Å²) < 4.78 is 15.8. The standard InChI is InChI=1S/C16H17N2O4P/c1-20-11-5-6-14-12(9-11)13(16(19)18-14)8-10-4-7-15(17-10)23(21-2)22-3/h4-9,17H,1-3H3,(H,18,19)/b13-8-. The van der Waals surface area contributed by atoms with E-state index in [4.69, 9.17) is 13.8 Å². The van der Waals surface area contributed by atoms with Crippen molar-refractivity contribution in [2.75, 3.05) is 26.6 Å². The Balaban J connectivity index is 1.96. The third kappa shape index (κ3) is 3.01. The summed E-state index contributed by atoms with van der Waals surface area (Å²) in [6, 6.07) is 9.28. The lowest BCUT2D eigenvalue weighted by Crippen LogP contribution is -2.05. The predicted octanol–water partition coefficient (Wildman–Crippen LogP) is 2.75. The molecule has 0 atom stereocenters. The van der Waals surface area contributed by atoms with Gasteiger partial charge < -0.3 is 24.1 Å². The number of aromatic nitrogens is 1. The van der Waals surface area contributed by atoms with Crippen LogP contribution in [0.1, 0.15) is 11.3 Å². The van der Waals surface area contributed by atoms with Crippen molar-refractivity contribution >= 4 is 37.1 Å². The third-order valence-corrected chi connectivity index (χ3v) is 4.85. The Morgan fingerprint density at radius 3 is 2.57 bits per heavy atom. The molecule has 1 amide bonds. The van der Waals surface area contributed by atoms with Gasteiger partial charge in [0.25, 0.3) is 5.91 Å². The molecule has 1 aliphatic heterocycles. The van der Waals surface area contributed by atoms with E-state index >= 15 is 0 Å². The van der Waals surface area contributed by atoms with Crippen LogP contribution in [0.5, 0.6) is 5.75 Å². The predicted molar refractivity (Wildman–Crippen MR) is 90.9 cm³/mol. The summed E-state index contributed by atoms with van der Waals surface area (Å²) in [5.74, 6) is 0.575. The van der Waals surface area contributed by atoms with Crippen LogP contribution >= 0.6 is 8.38 Å². The number of carbonyl (C=O) groups is 1. The SMILES string of the molecule is COc1ccc2c(c1)/C(=C/c1ccc(P(OC)OC)[nH]1)C(=O)N2. The van der Waals surface area contributed by atoms with Gasteiger partial charge in [0.2, 0.25) is 8.38 Å². The fourth-order valence-corrected chi connectivity index (χ4v) is 3.41. The van der Waals surface area contributed by atoms with E-state index in [1.54, 1.807) is 21.3 Å². The second-order valence-electron chi connectivity index (χ2n) is 4.84. The van der Waals surface area contributed by atoms with E-state index in [2.05, 4.69) is 10.3 Å². The molecule has 2 aromatic rings. The topological polar surface area (TPSA) is 72.6 Å². The van der Waals surface area contributed by atoms with Crippen molar-refractivity contribution in [1.82, 2.24) is 4.98 Å². The van der Waals surface area contributed by atoms with Gasteiger partial charge in [0.1, 0.15) is 5.75 Å². The molecule has 1 aliphatic rings. The van der Waals surface area contributed by atoms with Crippen LogP contribution in [0.15, 0.2) is 30.3 Å². The van der Waals surface area contributed by atoms with Crippen LogP contribution < -0.4 is 15.5 Å². The lowest BCUT2D eigenvalue weighted by molar-refractivity contribution is -0.110. The van der Waals surface area contributed by atoms with Gasteiger partial charge in [-0.1, -0.05) is 0 Å². The van der Waals surface area contributed by atoms with Crippen LogP contribution in [0, 0.1) is 0 Å². The summed E-state index contributed by atoms with van der Waals surface area (Å²) in [5.41, 5.74) is 3.85. The average Bonchev–Trinajstić information content (AvgIpc) is 3.14. The molecule has 6 nitrogen and oxygen atoms in total. The molecule has 0 radical (unpaired) electrons. The molecule has 2 N–H and O–H groups in total. The Bertz CT molecular complexity index is 765. The molecule has 3 rings (SSSR count). The summed E-state index contributed by atoms with van der Waals surface area (Å²) in [4.78, 5) is 15.4. The van der Waals surface area contributed by atoms with Crippen molar-refractivity contribution in [2.24, 2.45) is 0 Å². The van der Waals surface area contributed by atoms with Gasteiger partial charge in [0.05, 0.1) is 18.1 Å². The average molecular weight is 332 g/mol. The number of anilines is 1. The van der Waals surface area contributed by atoms with Crippen molar-refractivity contribution in [3.05, 3.63) is 41.6 Å². The van der Waals surface area contributed by atoms with E-state index in [1.807, 2.05) is 36.4 Å². The van der Waals surface area contributed by atoms with Gasteiger partial charge in [-0.15, -0.1) is 0 Å². The first-order valence-corrected chi connectivity index (χ1v) is 8.13. The largest absolute Gasteiger partial charge is 0.497 e. The van der Waals surface area contributed by atoms with Crippen LogP contribution in [0.2, 0.25) is 0 Å². The van der Waals surface area contributed by atoms with E-state index in [9.17, 15) is 4.79 Å². The van der Waals surface area contributed by atoms with Crippen molar-refractivity contribution < 1.29 is 18.6 Å². The Kier molecular flexibility index (Phi) is 4.48. The molecular weight excluding hydrogens is 315 g/mol. The van der Waals surface area contributed by atoms with Crippen molar-refractivity contribution in [3.8, 4) is 5.75 Å². The fraction of sp³-hybridized carbons (Fsp3) is 0.188. The molecule has 120 valence electrons. The Labute approximate surface area is 135 Å².